The van der Waals surface area contributed by atoms with Crippen molar-refractivity contribution in [3.05, 3.63) is 36.4 Å². The molecule has 2 aromatic heterocycles. The summed E-state index contributed by atoms with van der Waals surface area (Å²) in [6.07, 6.45) is 5.22. The van der Waals surface area contributed by atoms with Gasteiger partial charge in [0.1, 0.15) is 5.69 Å². The standard InChI is InChI=1S/C9H10N4/c1-7-3-5-13(12-7)9-6-11-4-2-8(9)10/h2-6H,1H3,(H2,10,11). The third-order valence-corrected chi connectivity index (χ3v) is 1.80. The quantitative estimate of drug-likeness (QED) is 0.705. The van der Waals surface area contributed by atoms with Gasteiger partial charge in [0, 0.05) is 12.4 Å². The molecule has 0 aliphatic heterocycles. The van der Waals surface area contributed by atoms with Gasteiger partial charge in [-0.05, 0) is 19.1 Å². The van der Waals surface area contributed by atoms with Crippen molar-refractivity contribution in [2.45, 2.75) is 6.92 Å². The highest BCUT2D eigenvalue weighted by molar-refractivity contribution is 5.55. The largest absolute Gasteiger partial charge is 0.397 e. The molecule has 66 valence electrons. The summed E-state index contributed by atoms with van der Waals surface area (Å²) in [4.78, 5) is 3.99. The van der Waals surface area contributed by atoms with Gasteiger partial charge in [-0.15, -0.1) is 0 Å². The summed E-state index contributed by atoms with van der Waals surface area (Å²) in [5.41, 5.74) is 8.22. The topological polar surface area (TPSA) is 56.7 Å². The number of hydrogen-bond acceptors (Lipinski definition) is 3. The fourth-order valence-corrected chi connectivity index (χ4v) is 1.14. The van der Waals surface area contributed by atoms with Gasteiger partial charge in [0.2, 0.25) is 0 Å². The van der Waals surface area contributed by atoms with E-state index in [1.165, 1.54) is 0 Å². The van der Waals surface area contributed by atoms with Crippen LogP contribution in [0.4, 0.5) is 5.69 Å². The van der Waals surface area contributed by atoms with Crippen molar-refractivity contribution in [3.63, 3.8) is 0 Å². The zero-order valence-electron chi connectivity index (χ0n) is 7.31. The van der Waals surface area contributed by atoms with Crippen molar-refractivity contribution < 1.29 is 0 Å². The second-order valence-electron chi connectivity index (χ2n) is 2.84. The molecule has 0 saturated carbocycles. The summed E-state index contributed by atoms with van der Waals surface area (Å²) in [5.74, 6) is 0. The molecule has 13 heavy (non-hydrogen) atoms. The maximum absolute atomic E-state index is 5.76. The number of anilines is 1. The lowest BCUT2D eigenvalue weighted by atomic mass is 10.3. The summed E-state index contributed by atoms with van der Waals surface area (Å²) >= 11 is 0. The molecule has 0 bridgehead atoms. The number of nitrogens with two attached hydrogens (primary N) is 1. The summed E-state index contributed by atoms with van der Waals surface area (Å²) in [7, 11) is 0. The molecule has 4 heteroatoms. The summed E-state index contributed by atoms with van der Waals surface area (Å²) in [6.45, 7) is 1.93. The average molecular weight is 174 g/mol. The van der Waals surface area contributed by atoms with Gasteiger partial charge in [-0.25, -0.2) is 4.68 Å². The second kappa shape index (κ2) is 2.90. The third kappa shape index (κ3) is 1.38. The van der Waals surface area contributed by atoms with E-state index in [9.17, 15) is 0 Å². The van der Waals surface area contributed by atoms with Gasteiger partial charge in [-0.3, -0.25) is 4.98 Å². The van der Waals surface area contributed by atoms with Crippen molar-refractivity contribution in [1.82, 2.24) is 14.8 Å². The SMILES string of the molecule is Cc1ccn(-c2cnccc2N)n1. The molecular formula is C9H10N4. The van der Waals surface area contributed by atoms with E-state index in [-0.39, 0.29) is 0 Å². The Morgan fingerprint density at radius 3 is 2.85 bits per heavy atom. The van der Waals surface area contributed by atoms with Gasteiger partial charge in [-0.1, -0.05) is 0 Å². The van der Waals surface area contributed by atoms with Gasteiger partial charge < -0.3 is 5.73 Å². The molecule has 0 amide bonds. The first kappa shape index (κ1) is 7.79. The molecule has 0 saturated heterocycles. The highest BCUT2D eigenvalue weighted by Gasteiger charge is 2.01. The molecule has 2 aromatic rings. The molecule has 2 heterocycles. The number of aromatic nitrogens is 3. The summed E-state index contributed by atoms with van der Waals surface area (Å²) in [5, 5.41) is 4.24. The Morgan fingerprint density at radius 2 is 2.23 bits per heavy atom. The number of rotatable bonds is 1. The monoisotopic (exact) mass is 174 g/mol. The van der Waals surface area contributed by atoms with Gasteiger partial charge in [-0.2, -0.15) is 5.10 Å². The molecular weight excluding hydrogens is 164 g/mol. The minimum atomic E-state index is 0.679. The van der Waals surface area contributed by atoms with E-state index in [2.05, 4.69) is 10.1 Å². The lowest BCUT2D eigenvalue weighted by molar-refractivity contribution is 0.859. The van der Waals surface area contributed by atoms with E-state index in [4.69, 9.17) is 5.73 Å². The van der Waals surface area contributed by atoms with Gasteiger partial charge in [0.05, 0.1) is 17.6 Å². The molecule has 2 rings (SSSR count). The van der Waals surface area contributed by atoms with Crippen LogP contribution in [-0.2, 0) is 0 Å². The number of nitrogen functional groups attached to an aromatic ring is 1. The van der Waals surface area contributed by atoms with E-state index in [0.717, 1.165) is 11.4 Å². The normalized spacial score (nSPS) is 10.2. The smallest absolute Gasteiger partial charge is 0.106 e. The van der Waals surface area contributed by atoms with Gasteiger partial charge in [0.15, 0.2) is 0 Å². The molecule has 0 aliphatic carbocycles. The molecule has 0 radical (unpaired) electrons. The zero-order chi connectivity index (χ0) is 9.26. The first-order chi connectivity index (χ1) is 6.27. The Bertz CT molecular complexity index is 419. The summed E-state index contributed by atoms with van der Waals surface area (Å²) in [6, 6.07) is 3.68. The molecule has 0 aliphatic rings. The average Bonchev–Trinajstić information content (AvgIpc) is 2.53. The zero-order valence-corrected chi connectivity index (χ0v) is 7.31. The van der Waals surface area contributed by atoms with Crippen LogP contribution >= 0.6 is 0 Å². The van der Waals surface area contributed by atoms with Crippen molar-refractivity contribution >= 4 is 5.69 Å². The van der Waals surface area contributed by atoms with E-state index < -0.39 is 0 Å². The Hall–Kier alpha value is -1.84. The van der Waals surface area contributed by atoms with Crippen LogP contribution in [0.2, 0.25) is 0 Å². The fourth-order valence-electron chi connectivity index (χ4n) is 1.14. The lowest BCUT2D eigenvalue weighted by Gasteiger charge is -2.03. The summed E-state index contributed by atoms with van der Waals surface area (Å²) < 4.78 is 1.72. The van der Waals surface area contributed by atoms with Crippen LogP contribution in [0.1, 0.15) is 5.69 Å². The first-order valence-electron chi connectivity index (χ1n) is 3.99. The number of pyridine rings is 1. The molecule has 0 fully saturated rings. The Morgan fingerprint density at radius 1 is 1.38 bits per heavy atom. The number of aryl methyl sites for hydroxylation is 1. The lowest BCUT2D eigenvalue weighted by Crippen LogP contribution is -2.00. The van der Waals surface area contributed by atoms with Crippen LogP contribution in [-0.4, -0.2) is 14.8 Å². The first-order valence-corrected chi connectivity index (χ1v) is 3.99. The predicted octanol–water partition coefficient (Wildman–Crippen LogP) is 1.16. The predicted molar refractivity (Wildman–Crippen MR) is 50.5 cm³/mol. The van der Waals surface area contributed by atoms with Crippen LogP contribution in [0.3, 0.4) is 0 Å². The van der Waals surface area contributed by atoms with Crippen LogP contribution < -0.4 is 5.73 Å². The fraction of sp³-hybridized carbons (Fsp3) is 0.111. The maximum Gasteiger partial charge on any atom is 0.106 e. The Labute approximate surface area is 76.0 Å². The minimum absolute atomic E-state index is 0.679. The van der Waals surface area contributed by atoms with E-state index >= 15 is 0 Å². The molecule has 0 atom stereocenters. The third-order valence-electron chi connectivity index (χ3n) is 1.80. The highest BCUT2D eigenvalue weighted by atomic mass is 15.3. The van der Waals surface area contributed by atoms with Crippen LogP contribution in [0.5, 0.6) is 0 Å². The van der Waals surface area contributed by atoms with Crippen molar-refractivity contribution in [3.8, 4) is 5.69 Å². The molecule has 0 aromatic carbocycles. The van der Waals surface area contributed by atoms with Crippen molar-refractivity contribution in [2.24, 2.45) is 0 Å². The van der Waals surface area contributed by atoms with E-state index in [0.29, 0.717) is 5.69 Å². The molecule has 0 unspecified atom stereocenters. The Balaban J connectivity index is 2.52. The van der Waals surface area contributed by atoms with Crippen LogP contribution in [0, 0.1) is 6.92 Å². The minimum Gasteiger partial charge on any atom is -0.397 e. The number of hydrogen-bond donors (Lipinski definition) is 1. The Kier molecular flexibility index (Phi) is 1.73. The van der Waals surface area contributed by atoms with Crippen LogP contribution in [0.15, 0.2) is 30.7 Å². The second-order valence-corrected chi connectivity index (χ2v) is 2.84. The van der Waals surface area contributed by atoms with E-state index in [1.54, 1.807) is 23.1 Å². The van der Waals surface area contributed by atoms with E-state index in [1.807, 2.05) is 19.2 Å². The van der Waals surface area contributed by atoms with Gasteiger partial charge >= 0.3 is 0 Å². The van der Waals surface area contributed by atoms with Crippen molar-refractivity contribution in [2.75, 3.05) is 5.73 Å². The molecule has 4 nitrogen and oxygen atoms in total. The van der Waals surface area contributed by atoms with Gasteiger partial charge in [0.25, 0.3) is 0 Å². The molecule has 2 N–H and O–H groups in total. The number of nitrogens with zero attached hydrogens (tertiary/aromatic N) is 3. The maximum atomic E-state index is 5.76. The molecule has 0 spiro atoms. The van der Waals surface area contributed by atoms with Crippen molar-refractivity contribution in [1.29, 1.82) is 0 Å². The highest BCUT2D eigenvalue weighted by Crippen LogP contribution is 2.13. The van der Waals surface area contributed by atoms with Crippen LogP contribution in [0.25, 0.3) is 5.69 Å².